The molecule has 66 valence electrons. The number of nitrogens with zero attached hydrogens (tertiary/aromatic N) is 2. The van der Waals surface area contributed by atoms with Gasteiger partial charge in [0.15, 0.2) is 5.82 Å². The van der Waals surface area contributed by atoms with Gasteiger partial charge in [-0.2, -0.15) is 0 Å². The van der Waals surface area contributed by atoms with E-state index in [1.807, 2.05) is 0 Å². The quantitative estimate of drug-likeness (QED) is 0.697. The Morgan fingerprint density at radius 3 is 3.00 bits per heavy atom. The molecular formula is C7H4FN3O2. The van der Waals surface area contributed by atoms with Crippen molar-refractivity contribution in [2.75, 3.05) is 0 Å². The second kappa shape index (κ2) is 2.81. The molecule has 6 heteroatoms. The molecule has 0 fully saturated rings. The number of nitrogens with one attached hydrogen (secondary N) is 1. The van der Waals surface area contributed by atoms with E-state index in [-0.39, 0.29) is 11.5 Å². The Labute approximate surface area is 71.2 Å². The number of H-pyrrole nitrogens is 1. The molecule has 0 aromatic carbocycles. The molecule has 2 aromatic heterocycles. The molecule has 0 atom stereocenters. The first-order valence-electron chi connectivity index (χ1n) is 3.44. The van der Waals surface area contributed by atoms with Gasteiger partial charge in [-0.25, -0.2) is 14.2 Å². The van der Waals surface area contributed by atoms with Crippen molar-refractivity contribution in [2.24, 2.45) is 0 Å². The molecular weight excluding hydrogens is 177 g/mol. The lowest BCUT2D eigenvalue weighted by atomic mass is 10.3. The summed E-state index contributed by atoms with van der Waals surface area (Å²) >= 11 is 0. The summed E-state index contributed by atoms with van der Waals surface area (Å²) in [6.45, 7) is 0. The minimum atomic E-state index is -0.736. The normalized spacial score (nSPS) is 10.2. The first-order chi connectivity index (χ1) is 6.27. The van der Waals surface area contributed by atoms with Gasteiger partial charge < -0.3 is 0 Å². The van der Waals surface area contributed by atoms with Crippen molar-refractivity contribution in [1.29, 1.82) is 0 Å². The van der Waals surface area contributed by atoms with Crippen LogP contribution in [-0.4, -0.2) is 15.1 Å². The number of aromatic nitrogens is 3. The van der Waals surface area contributed by atoms with Gasteiger partial charge in [-0.1, -0.05) is 5.16 Å². The zero-order valence-corrected chi connectivity index (χ0v) is 6.32. The Kier molecular flexibility index (Phi) is 1.66. The van der Waals surface area contributed by atoms with E-state index in [9.17, 15) is 9.18 Å². The summed E-state index contributed by atoms with van der Waals surface area (Å²) < 4.78 is 17.2. The van der Waals surface area contributed by atoms with Crippen LogP contribution in [0, 0.1) is 5.82 Å². The fourth-order valence-corrected chi connectivity index (χ4v) is 0.892. The summed E-state index contributed by atoms with van der Waals surface area (Å²) in [6, 6.07) is 2.66. The van der Waals surface area contributed by atoms with Crippen molar-refractivity contribution in [3.05, 3.63) is 34.7 Å². The highest BCUT2D eigenvalue weighted by molar-refractivity contribution is 5.47. The summed E-state index contributed by atoms with van der Waals surface area (Å²) in [6.07, 6.45) is 1.39. The van der Waals surface area contributed by atoms with Crippen LogP contribution >= 0.6 is 0 Å². The monoisotopic (exact) mass is 181 g/mol. The molecule has 0 amide bonds. The van der Waals surface area contributed by atoms with Crippen LogP contribution in [0.5, 0.6) is 0 Å². The number of aromatic amines is 1. The smallest absolute Gasteiger partial charge is 0.296 e. The zero-order chi connectivity index (χ0) is 9.26. The van der Waals surface area contributed by atoms with Crippen LogP contribution in [0.3, 0.4) is 0 Å². The number of halogens is 1. The van der Waals surface area contributed by atoms with E-state index in [0.717, 1.165) is 0 Å². The number of hydrogen-bond acceptors (Lipinski definition) is 4. The predicted octanol–water partition coefficient (Wildman–Crippen LogP) is 0.564. The molecule has 2 aromatic rings. The van der Waals surface area contributed by atoms with Crippen LogP contribution in [0.1, 0.15) is 0 Å². The van der Waals surface area contributed by atoms with E-state index >= 15 is 0 Å². The van der Waals surface area contributed by atoms with E-state index in [1.165, 1.54) is 18.3 Å². The standard InChI is InChI=1S/C7H4FN3O2/c8-4-2-1-3-9-5(4)6-10-7(12)13-11-6/h1-3H,(H,10,11,12). The van der Waals surface area contributed by atoms with Gasteiger partial charge in [0.25, 0.3) is 0 Å². The second-order valence-electron chi connectivity index (χ2n) is 2.28. The van der Waals surface area contributed by atoms with E-state index in [4.69, 9.17) is 0 Å². The predicted molar refractivity (Wildman–Crippen MR) is 40.3 cm³/mol. The zero-order valence-electron chi connectivity index (χ0n) is 6.32. The third-order valence-electron chi connectivity index (χ3n) is 1.42. The van der Waals surface area contributed by atoms with E-state index in [2.05, 4.69) is 19.6 Å². The molecule has 13 heavy (non-hydrogen) atoms. The van der Waals surface area contributed by atoms with Gasteiger partial charge in [0.1, 0.15) is 5.69 Å². The Bertz CT molecular complexity index is 476. The molecule has 0 spiro atoms. The largest absolute Gasteiger partial charge is 0.439 e. The van der Waals surface area contributed by atoms with Gasteiger partial charge in [0.2, 0.25) is 5.82 Å². The van der Waals surface area contributed by atoms with Crippen LogP contribution in [0.2, 0.25) is 0 Å². The van der Waals surface area contributed by atoms with E-state index < -0.39 is 11.6 Å². The highest BCUT2D eigenvalue weighted by atomic mass is 19.1. The number of pyridine rings is 1. The Hall–Kier alpha value is -1.98. The van der Waals surface area contributed by atoms with Crippen LogP contribution in [0.4, 0.5) is 4.39 Å². The van der Waals surface area contributed by atoms with Crippen molar-refractivity contribution in [1.82, 2.24) is 15.1 Å². The van der Waals surface area contributed by atoms with E-state index in [0.29, 0.717) is 0 Å². The van der Waals surface area contributed by atoms with Crippen LogP contribution in [-0.2, 0) is 0 Å². The third kappa shape index (κ3) is 1.33. The molecule has 0 aliphatic rings. The topological polar surface area (TPSA) is 71.8 Å². The van der Waals surface area contributed by atoms with E-state index in [1.54, 1.807) is 0 Å². The highest BCUT2D eigenvalue weighted by Gasteiger charge is 2.09. The van der Waals surface area contributed by atoms with Gasteiger partial charge in [-0.3, -0.25) is 9.51 Å². The van der Waals surface area contributed by atoms with Gasteiger partial charge in [0, 0.05) is 6.20 Å². The molecule has 1 N–H and O–H groups in total. The van der Waals surface area contributed by atoms with Crippen molar-refractivity contribution in [2.45, 2.75) is 0 Å². The summed E-state index contributed by atoms with van der Waals surface area (Å²) in [5.74, 6) is -1.31. The van der Waals surface area contributed by atoms with Crippen LogP contribution < -0.4 is 5.76 Å². The molecule has 0 radical (unpaired) electrons. The average Bonchev–Trinajstić information content (AvgIpc) is 2.53. The minimum absolute atomic E-state index is 0.0110. The average molecular weight is 181 g/mol. The number of hydrogen-bond donors (Lipinski definition) is 1. The van der Waals surface area contributed by atoms with Gasteiger partial charge in [-0.15, -0.1) is 0 Å². The Morgan fingerprint density at radius 2 is 2.38 bits per heavy atom. The second-order valence-corrected chi connectivity index (χ2v) is 2.28. The molecule has 0 saturated carbocycles. The van der Waals surface area contributed by atoms with Crippen LogP contribution in [0.25, 0.3) is 11.5 Å². The maximum Gasteiger partial charge on any atom is 0.439 e. The number of rotatable bonds is 1. The molecule has 0 aliphatic heterocycles. The first kappa shape index (κ1) is 7.66. The lowest BCUT2D eigenvalue weighted by Crippen LogP contribution is -1.96. The molecule has 0 saturated heterocycles. The lowest BCUT2D eigenvalue weighted by Gasteiger charge is -1.93. The van der Waals surface area contributed by atoms with Gasteiger partial charge in [0.05, 0.1) is 0 Å². The minimum Gasteiger partial charge on any atom is -0.296 e. The SMILES string of the molecule is O=c1[nH]c(-c2ncccc2F)no1. The van der Waals surface area contributed by atoms with Gasteiger partial charge in [-0.05, 0) is 12.1 Å². The third-order valence-corrected chi connectivity index (χ3v) is 1.42. The molecule has 2 rings (SSSR count). The molecule has 0 unspecified atom stereocenters. The van der Waals surface area contributed by atoms with Crippen molar-refractivity contribution in [3.63, 3.8) is 0 Å². The summed E-state index contributed by atoms with van der Waals surface area (Å²) in [5.41, 5.74) is -0.0339. The molecule has 0 bridgehead atoms. The van der Waals surface area contributed by atoms with Crippen molar-refractivity contribution in [3.8, 4) is 11.5 Å². The summed E-state index contributed by atoms with van der Waals surface area (Å²) in [5, 5.41) is 3.30. The summed E-state index contributed by atoms with van der Waals surface area (Å²) in [4.78, 5) is 16.4. The molecule has 0 aliphatic carbocycles. The fraction of sp³-hybridized carbons (Fsp3) is 0. The van der Waals surface area contributed by atoms with Gasteiger partial charge >= 0.3 is 5.76 Å². The molecule has 5 nitrogen and oxygen atoms in total. The fourth-order valence-electron chi connectivity index (χ4n) is 0.892. The summed E-state index contributed by atoms with van der Waals surface area (Å²) in [7, 11) is 0. The van der Waals surface area contributed by atoms with Crippen LogP contribution in [0.15, 0.2) is 27.6 Å². The maximum absolute atomic E-state index is 13.0. The highest BCUT2D eigenvalue weighted by Crippen LogP contribution is 2.12. The first-order valence-corrected chi connectivity index (χ1v) is 3.44. The Morgan fingerprint density at radius 1 is 1.54 bits per heavy atom. The lowest BCUT2D eigenvalue weighted by molar-refractivity contribution is 0.387. The van der Waals surface area contributed by atoms with Crippen molar-refractivity contribution < 1.29 is 8.91 Å². The Balaban J connectivity index is 2.58. The molecule has 2 heterocycles. The van der Waals surface area contributed by atoms with Crippen molar-refractivity contribution >= 4 is 0 Å². The maximum atomic E-state index is 13.0.